The maximum absolute atomic E-state index is 12.8. The third-order valence-corrected chi connectivity index (χ3v) is 4.89. The quantitative estimate of drug-likeness (QED) is 0.405. The molecule has 0 radical (unpaired) electrons. The van der Waals surface area contributed by atoms with E-state index in [1.54, 1.807) is 32.9 Å². The predicted octanol–water partition coefficient (Wildman–Crippen LogP) is 1.34. The van der Waals surface area contributed by atoms with Crippen LogP contribution in [0.2, 0.25) is 0 Å². The summed E-state index contributed by atoms with van der Waals surface area (Å²) in [6.07, 6.45) is 0.0251. The van der Waals surface area contributed by atoms with E-state index >= 15 is 0 Å². The molecule has 9 nitrogen and oxygen atoms in total. The molecule has 1 fully saturated rings. The molecule has 0 spiro atoms. The lowest BCUT2D eigenvalue weighted by atomic mass is 10.0. The molecule has 2 aliphatic rings. The average molecular weight is 441 g/mol. The number of nitrogens with one attached hydrogen (secondary N) is 2. The number of hydrogen-bond acceptors (Lipinski definition) is 6. The van der Waals surface area contributed by atoms with E-state index in [1.165, 1.54) is 4.90 Å². The van der Waals surface area contributed by atoms with Gasteiger partial charge in [0.25, 0.3) is 5.91 Å². The van der Waals surface area contributed by atoms with Crippen LogP contribution in [0, 0.1) is 11.8 Å². The van der Waals surface area contributed by atoms with E-state index in [4.69, 9.17) is 9.47 Å². The highest BCUT2D eigenvalue weighted by atomic mass is 16.6. The highest BCUT2D eigenvalue weighted by molar-refractivity contribution is 6.05. The Balaban J connectivity index is 1.52. The predicted molar refractivity (Wildman–Crippen MR) is 114 cm³/mol. The molecule has 4 amide bonds. The third kappa shape index (κ3) is 5.86. The third-order valence-electron chi connectivity index (χ3n) is 4.89. The van der Waals surface area contributed by atoms with Gasteiger partial charge in [-0.05, 0) is 44.9 Å². The molecule has 1 atom stereocenters. The molecule has 1 unspecified atom stereocenters. The van der Waals surface area contributed by atoms with Crippen LogP contribution in [0.15, 0.2) is 18.2 Å². The van der Waals surface area contributed by atoms with Crippen LogP contribution < -0.4 is 10.6 Å². The van der Waals surface area contributed by atoms with Crippen LogP contribution in [0.3, 0.4) is 0 Å². The monoisotopic (exact) mass is 441 g/mol. The Hall–Kier alpha value is -3.38. The van der Waals surface area contributed by atoms with Crippen LogP contribution in [-0.2, 0) is 25.6 Å². The van der Waals surface area contributed by atoms with E-state index in [0.717, 1.165) is 5.56 Å². The van der Waals surface area contributed by atoms with Gasteiger partial charge in [0, 0.05) is 30.6 Å². The summed E-state index contributed by atoms with van der Waals surface area (Å²) in [5, 5.41) is 4.89. The Kier molecular flexibility index (Phi) is 7.15. The molecule has 1 aromatic carbocycles. The number of fused-ring (bicyclic) bond motifs is 1. The average Bonchev–Trinajstić information content (AvgIpc) is 3.03. The summed E-state index contributed by atoms with van der Waals surface area (Å²) >= 11 is 0. The number of carbonyl (C=O) groups is 4. The number of amides is 4. The van der Waals surface area contributed by atoms with Crippen molar-refractivity contribution >= 4 is 23.8 Å². The lowest BCUT2D eigenvalue weighted by Crippen LogP contribution is -2.52. The fourth-order valence-electron chi connectivity index (χ4n) is 3.50. The zero-order chi connectivity index (χ0) is 23.3. The first-order valence-electron chi connectivity index (χ1n) is 10.5. The van der Waals surface area contributed by atoms with Crippen LogP contribution in [0.5, 0.6) is 0 Å². The number of ether oxygens (including phenoxy) is 2. The largest absolute Gasteiger partial charge is 0.444 e. The molecule has 0 aromatic heterocycles. The van der Waals surface area contributed by atoms with Crippen molar-refractivity contribution in [3.8, 4) is 11.8 Å². The maximum Gasteiger partial charge on any atom is 0.407 e. The summed E-state index contributed by atoms with van der Waals surface area (Å²) in [4.78, 5) is 49.4. The van der Waals surface area contributed by atoms with Crippen LogP contribution in [-0.4, -0.2) is 60.1 Å². The van der Waals surface area contributed by atoms with Gasteiger partial charge in [0.05, 0.1) is 6.61 Å². The zero-order valence-corrected chi connectivity index (χ0v) is 18.4. The molecule has 0 bridgehead atoms. The lowest BCUT2D eigenvalue weighted by Gasteiger charge is -2.29. The fraction of sp³-hybridized carbons (Fsp3) is 0.478. The Morgan fingerprint density at radius 1 is 1.28 bits per heavy atom. The van der Waals surface area contributed by atoms with Gasteiger partial charge in [-0.2, -0.15) is 0 Å². The van der Waals surface area contributed by atoms with Crippen molar-refractivity contribution in [2.24, 2.45) is 0 Å². The van der Waals surface area contributed by atoms with Gasteiger partial charge in [-0.15, -0.1) is 0 Å². The summed E-state index contributed by atoms with van der Waals surface area (Å²) < 4.78 is 10.5. The van der Waals surface area contributed by atoms with Crippen LogP contribution in [0.4, 0.5) is 4.79 Å². The standard InChI is InChI=1S/C23H27N3O6/c1-23(2,3)32-22(30)24-11-13-31-12-5-7-15-6-4-8-16-17(15)14-26(21(16)29)18-9-10-19(27)25-20(18)28/h4,6,8,18H,9-14H2,1-3H3,(H,24,30)(H,25,27,28). The van der Waals surface area contributed by atoms with Crippen molar-refractivity contribution < 1.29 is 28.7 Å². The Morgan fingerprint density at radius 2 is 2.06 bits per heavy atom. The normalized spacial score (nSPS) is 17.9. The number of nitrogens with zero attached hydrogens (tertiary/aromatic N) is 1. The molecule has 2 N–H and O–H groups in total. The van der Waals surface area contributed by atoms with E-state index in [1.807, 2.05) is 6.07 Å². The Labute approximate surface area is 186 Å². The van der Waals surface area contributed by atoms with Gasteiger partial charge in [0.1, 0.15) is 18.2 Å². The molecule has 2 aliphatic heterocycles. The number of alkyl carbamates (subject to hydrolysis) is 1. The van der Waals surface area contributed by atoms with Gasteiger partial charge >= 0.3 is 6.09 Å². The van der Waals surface area contributed by atoms with Crippen LogP contribution >= 0.6 is 0 Å². The number of imide groups is 1. The number of rotatable bonds is 5. The first-order chi connectivity index (χ1) is 15.2. The van der Waals surface area contributed by atoms with Gasteiger partial charge in [0.15, 0.2) is 0 Å². The van der Waals surface area contributed by atoms with Crippen molar-refractivity contribution in [1.82, 2.24) is 15.5 Å². The van der Waals surface area contributed by atoms with Gasteiger partial charge in [0.2, 0.25) is 11.8 Å². The molecule has 0 aliphatic carbocycles. The summed E-state index contributed by atoms with van der Waals surface area (Å²) in [6.45, 7) is 6.37. The SMILES string of the molecule is CC(C)(C)OC(=O)NCCOCC#Cc1cccc2c1CN(C1CCC(=O)NC1=O)C2=O. The van der Waals surface area contributed by atoms with Crippen molar-refractivity contribution in [2.45, 2.75) is 51.8 Å². The molecule has 170 valence electrons. The van der Waals surface area contributed by atoms with Crippen molar-refractivity contribution in [3.63, 3.8) is 0 Å². The summed E-state index contributed by atoms with van der Waals surface area (Å²) in [6, 6.07) is 4.62. The molecule has 3 rings (SSSR count). The molecule has 2 heterocycles. The smallest absolute Gasteiger partial charge is 0.407 e. The minimum Gasteiger partial charge on any atom is -0.444 e. The van der Waals surface area contributed by atoms with Crippen molar-refractivity contribution in [3.05, 3.63) is 34.9 Å². The number of hydrogen-bond donors (Lipinski definition) is 2. The number of piperidine rings is 1. The summed E-state index contributed by atoms with van der Waals surface area (Å²) in [5.41, 5.74) is 1.42. The molecular weight excluding hydrogens is 414 g/mol. The van der Waals surface area contributed by atoms with Crippen LogP contribution in [0.1, 0.15) is 55.1 Å². The van der Waals surface area contributed by atoms with Crippen molar-refractivity contribution in [1.29, 1.82) is 0 Å². The van der Waals surface area contributed by atoms with E-state index < -0.39 is 23.6 Å². The highest BCUT2D eigenvalue weighted by Crippen LogP contribution is 2.29. The summed E-state index contributed by atoms with van der Waals surface area (Å²) in [7, 11) is 0. The van der Waals surface area contributed by atoms with Gasteiger partial charge in [-0.1, -0.05) is 17.9 Å². The van der Waals surface area contributed by atoms with E-state index in [2.05, 4.69) is 22.5 Å². The number of benzene rings is 1. The van der Waals surface area contributed by atoms with Crippen LogP contribution in [0.25, 0.3) is 0 Å². The molecule has 0 saturated carbocycles. The van der Waals surface area contributed by atoms with Gasteiger partial charge in [-0.25, -0.2) is 4.79 Å². The Bertz CT molecular complexity index is 986. The minimum atomic E-state index is -0.658. The zero-order valence-electron chi connectivity index (χ0n) is 18.4. The topological polar surface area (TPSA) is 114 Å². The highest BCUT2D eigenvalue weighted by Gasteiger charge is 2.39. The fourth-order valence-corrected chi connectivity index (χ4v) is 3.50. The summed E-state index contributed by atoms with van der Waals surface area (Å²) in [5.74, 6) is 4.94. The first-order valence-corrected chi connectivity index (χ1v) is 10.5. The van der Waals surface area contributed by atoms with Gasteiger partial charge in [-0.3, -0.25) is 19.7 Å². The second-order valence-corrected chi connectivity index (χ2v) is 8.51. The molecule has 1 saturated heterocycles. The van der Waals surface area contributed by atoms with E-state index in [9.17, 15) is 19.2 Å². The van der Waals surface area contributed by atoms with E-state index in [-0.39, 0.29) is 38.0 Å². The molecular formula is C23H27N3O6. The minimum absolute atomic E-state index is 0.157. The lowest BCUT2D eigenvalue weighted by molar-refractivity contribution is -0.136. The second-order valence-electron chi connectivity index (χ2n) is 8.51. The van der Waals surface area contributed by atoms with Crippen molar-refractivity contribution in [2.75, 3.05) is 19.8 Å². The molecule has 1 aromatic rings. The molecule has 32 heavy (non-hydrogen) atoms. The Morgan fingerprint density at radius 3 is 2.78 bits per heavy atom. The number of carbonyl (C=O) groups excluding carboxylic acids is 4. The van der Waals surface area contributed by atoms with E-state index in [0.29, 0.717) is 24.1 Å². The maximum atomic E-state index is 12.8. The second kappa shape index (κ2) is 9.83. The van der Waals surface area contributed by atoms with Gasteiger partial charge < -0.3 is 19.7 Å². The first kappa shape index (κ1) is 23.3. The molecule has 9 heteroatoms.